The van der Waals surface area contributed by atoms with Gasteiger partial charge in [0.2, 0.25) is 0 Å². The van der Waals surface area contributed by atoms with Gasteiger partial charge in [-0.1, -0.05) is 53.5 Å². The minimum absolute atomic E-state index is 0.0590. The molecule has 4 aromatic rings. The molecule has 0 radical (unpaired) electrons. The molecule has 210 valence electrons. The molecule has 2 heterocycles. The maximum Gasteiger partial charge on any atom is 0.323 e. The molecule has 1 fully saturated rings. The Labute approximate surface area is 242 Å². The van der Waals surface area contributed by atoms with Crippen molar-refractivity contribution in [2.45, 2.75) is 31.9 Å². The summed E-state index contributed by atoms with van der Waals surface area (Å²) in [6.45, 7) is -0.983. The van der Waals surface area contributed by atoms with E-state index in [1.54, 1.807) is 36.4 Å². The average molecular weight is 599 g/mol. The summed E-state index contributed by atoms with van der Waals surface area (Å²) < 4.78 is 27.2. The first kappa shape index (κ1) is 28.2. The van der Waals surface area contributed by atoms with Crippen molar-refractivity contribution in [1.29, 1.82) is 0 Å². The lowest BCUT2D eigenvalue weighted by Gasteiger charge is -2.13. The summed E-state index contributed by atoms with van der Waals surface area (Å²) in [5.74, 6) is -0.158. The Hall–Kier alpha value is -4.35. The molecule has 41 heavy (non-hydrogen) atoms. The number of amides is 3. The topological polar surface area (TPSA) is 118 Å². The summed E-state index contributed by atoms with van der Waals surface area (Å²) in [5.41, 5.74) is 1.47. The number of hydrogen-bond donors (Lipinski definition) is 3. The predicted octanol–water partition coefficient (Wildman–Crippen LogP) is 6.08. The van der Waals surface area contributed by atoms with Crippen LogP contribution < -0.4 is 21.5 Å². The van der Waals surface area contributed by atoms with Crippen LogP contribution in [0.3, 0.4) is 0 Å². The summed E-state index contributed by atoms with van der Waals surface area (Å²) in [5, 5.41) is 12.0. The first-order chi connectivity index (χ1) is 19.7. The van der Waals surface area contributed by atoms with Crippen molar-refractivity contribution in [2.75, 3.05) is 10.6 Å². The maximum absolute atomic E-state index is 13.3. The van der Waals surface area contributed by atoms with Gasteiger partial charge in [-0.15, -0.1) is 0 Å². The quantitative estimate of drug-likeness (QED) is 0.227. The number of halogens is 4. The molecule has 0 unspecified atom stereocenters. The van der Waals surface area contributed by atoms with Gasteiger partial charge in [0.1, 0.15) is 12.2 Å². The molecule has 3 N–H and O–H groups in total. The molecule has 1 aliphatic rings. The molecule has 0 aliphatic heterocycles. The number of nitrogens with one attached hydrogen (secondary N) is 3. The Bertz CT molecular complexity index is 1670. The highest BCUT2D eigenvalue weighted by Gasteiger charge is 2.24. The smallest absolute Gasteiger partial charge is 0.323 e. The third kappa shape index (κ3) is 6.87. The van der Waals surface area contributed by atoms with Gasteiger partial charge >= 0.3 is 6.03 Å². The number of carbonyl (C=O) groups is 2. The van der Waals surface area contributed by atoms with E-state index in [0.29, 0.717) is 15.8 Å². The molecule has 9 nitrogen and oxygen atoms in total. The monoisotopic (exact) mass is 598 g/mol. The van der Waals surface area contributed by atoms with Crippen LogP contribution >= 0.6 is 23.2 Å². The fourth-order valence-corrected chi connectivity index (χ4v) is 4.48. The van der Waals surface area contributed by atoms with Gasteiger partial charge in [0.15, 0.2) is 0 Å². The summed E-state index contributed by atoms with van der Waals surface area (Å²) in [7, 11) is 0. The van der Waals surface area contributed by atoms with Gasteiger partial charge in [-0.05, 0) is 48.2 Å². The van der Waals surface area contributed by atoms with E-state index >= 15 is 0 Å². The normalized spacial score (nSPS) is 12.7. The van der Waals surface area contributed by atoms with Crippen LogP contribution in [-0.2, 0) is 6.54 Å². The van der Waals surface area contributed by atoms with Gasteiger partial charge in [-0.2, -0.15) is 5.10 Å². The van der Waals surface area contributed by atoms with Crippen LogP contribution in [0, 0.1) is 0 Å². The van der Waals surface area contributed by atoms with Crippen LogP contribution in [0.1, 0.15) is 23.2 Å². The Morgan fingerprint density at radius 2 is 1.61 bits per heavy atom. The Kier molecular flexibility index (Phi) is 8.27. The second-order valence-corrected chi connectivity index (χ2v) is 10.1. The average Bonchev–Trinajstić information content (AvgIpc) is 3.77. The molecule has 2 aromatic carbocycles. The summed E-state index contributed by atoms with van der Waals surface area (Å²) in [6.07, 6.45) is 1.61. The van der Waals surface area contributed by atoms with E-state index in [-0.39, 0.29) is 39.1 Å². The van der Waals surface area contributed by atoms with Crippen LogP contribution in [-0.4, -0.2) is 39.2 Å². The van der Waals surface area contributed by atoms with Crippen molar-refractivity contribution in [3.8, 4) is 22.4 Å². The van der Waals surface area contributed by atoms with E-state index in [0.717, 1.165) is 24.0 Å². The molecule has 5 rings (SSSR count). The molecule has 0 bridgehead atoms. The molecular weight excluding hydrogens is 577 g/mol. The molecule has 0 spiro atoms. The van der Waals surface area contributed by atoms with Gasteiger partial charge in [0.05, 0.1) is 21.4 Å². The number of hydrogen-bond acceptors (Lipinski definition) is 5. The van der Waals surface area contributed by atoms with Gasteiger partial charge in [-0.25, -0.2) is 18.3 Å². The van der Waals surface area contributed by atoms with E-state index in [4.69, 9.17) is 23.2 Å². The molecular formula is C28H22Cl2F2N6O3. The number of nitrogens with zero attached hydrogens (tertiary/aromatic N) is 3. The first-order valence-corrected chi connectivity index (χ1v) is 13.2. The SMILES string of the molecule is O=C(Nc1c(Cl)cncc1Cl)Nc1cc(-c2cccc(-c3cccc(C(=O)NC4CC4)c3)c2)nn(CC(F)F)c1=O. The molecule has 0 atom stereocenters. The van der Waals surface area contributed by atoms with Crippen molar-refractivity contribution in [2.24, 2.45) is 0 Å². The van der Waals surface area contributed by atoms with E-state index in [9.17, 15) is 23.2 Å². The fourth-order valence-electron chi connectivity index (χ4n) is 4.02. The molecule has 1 saturated carbocycles. The van der Waals surface area contributed by atoms with Gasteiger partial charge in [0, 0.05) is 29.6 Å². The third-order valence-electron chi connectivity index (χ3n) is 6.15. The lowest BCUT2D eigenvalue weighted by Crippen LogP contribution is -2.31. The minimum atomic E-state index is -2.87. The van der Waals surface area contributed by atoms with Crippen molar-refractivity contribution in [1.82, 2.24) is 20.1 Å². The minimum Gasteiger partial charge on any atom is -0.349 e. The summed E-state index contributed by atoms with van der Waals surface area (Å²) in [4.78, 5) is 41.9. The van der Waals surface area contributed by atoms with E-state index in [2.05, 4.69) is 26.0 Å². The molecule has 3 amide bonds. The lowest BCUT2D eigenvalue weighted by molar-refractivity contribution is 0.0951. The van der Waals surface area contributed by atoms with Crippen molar-refractivity contribution < 1.29 is 18.4 Å². The van der Waals surface area contributed by atoms with Crippen LogP contribution in [0.25, 0.3) is 22.4 Å². The van der Waals surface area contributed by atoms with Crippen LogP contribution in [0.5, 0.6) is 0 Å². The predicted molar refractivity (Wildman–Crippen MR) is 153 cm³/mol. The van der Waals surface area contributed by atoms with Gasteiger partial charge < -0.3 is 16.0 Å². The zero-order valence-corrected chi connectivity index (χ0v) is 22.7. The van der Waals surface area contributed by atoms with E-state index in [1.165, 1.54) is 18.5 Å². The second-order valence-electron chi connectivity index (χ2n) is 9.29. The number of pyridine rings is 1. The van der Waals surface area contributed by atoms with Crippen molar-refractivity contribution in [3.05, 3.63) is 93.0 Å². The third-order valence-corrected chi connectivity index (χ3v) is 6.73. The Morgan fingerprint density at radius 3 is 2.29 bits per heavy atom. The zero-order chi connectivity index (χ0) is 29.1. The van der Waals surface area contributed by atoms with E-state index in [1.807, 2.05) is 12.1 Å². The van der Waals surface area contributed by atoms with Crippen LogP contribution in [0.15, 0.2) is 71.8 Å². The summed E-state index contributed by atoms with van der Waals surface area (Å²) in [6, 6.07) is 14.7. The highest BCUT2D eigenvalue weighted by molar-refractivity contribution is 6.39. The number of urea groups is 1. The van der Waals surface area contributed by atoms with E-state index < -0.39 is 24.6 Å². The number of carbonyl (C=O) groups excluding carboxylic acids is 2. The fraction of sp³-hybridized carbons (Fsp3) is 0.179. The Balaban J connectivity index is 1.46. The van der Waals surface area contributed by atoms with Crippen molar-refractivity contribution in [3.63, 3.8) is 0 Å². The second kappa shape index (κ2) is 12.0. The molecule has 1 aliphatic carbocycles. The largest absolute Gasteiger partial charge is 0.349 e. The molecule has 0 saturated heterocycles. The number of aromatic nitrogens is 3. The van der Waals surface area contributed by atoms with Crippen LogP contribution in [0.4, 0.5) is 25.0 Å². The standard InChI is InChI=1S/C28H22Cl2F2N6O3/c29-20-12-33-13-21(30)25(20)36-28(41)35-23-11-22(37-38(27(23)40)14-24(31)32)17-5-1-3-15(9-17)16-4-2-6-18(10-16)26(39)34-19-7-8-19/h1-6,9-13,19,24H,7-8,14H2,(H,34,39)(H2,33,35,36,41). The van der Waals surface area contributed by atoms with Crippen molar-refractivity contribution >= 4 is 46.5 Å². The maximum atomic E-state index is 13.3. The van der Waals surface area contributed by atoms with Gasteiger partial charge in [0.25, 0.3) is 17.9 Å². The molecule has 2 aromatic heterocycles. The summed E-state index contributed by atoms with van der Waals surface area (Å²) >= 11 is 12.1. The number of anilines is 2. The molecule has 13 heteroatoms. The van der Waals surface area contributed by atoms with Crippen LogP contribution in [0.2, 0.25) is 10.0 Å². The zero-order valence-electron chi connectivity index (χ0n) is 21.2. The first-order valence-electron chi connectivity index (χ1n) is 12.5. The van der Waals surface area contributed by atoms with Gasteiger partial charge in [-0.3, -0.25) is 14.6 Å². The highest BCUT2D eigenvalue weighted by Crippen LogP contribution is 2.30. The number of benzene rings is 2. The lowest BCUT2D eigenvalue weighted by atomic mass is 9.99. The Morgan fingerprint density at radius 1 is 0.951 bits per heavy atom. The number of alkyl halides is 2. The highest BCUT2D eigenvalue weighted by atomic mass is 35.5. The number of rotatable bonds is 8.